The summed E-state index contributed by atoms with van der Waals surface area (Å²) in [6.07, 6.45) is 1.62. The highest BCUT2D eigenvalue weighted by atomic mass is 35.5. The summed E-state index contributed by atoms with van der Waals surface area (Å²) in [5.74, 6) is 0. The number of nitrogens with zero attached hydrogens (tertiary/aromatic N) is 1. The van der Waals surface area contributed by atoms with Crippen LogP contribution in [-0.4, -0.2) is 4.98 Å². The van der Waals surface area contributed by atoms with E-state index in [2.05, 4.69) is 11.6 Å². The monoisotopic (exact) mass is 168 g/mol. The van der Waals surface area contributed by atoms with E-state index in [1.54, 1.807) is 12.1 Å². The van der Waals surface area contributed by atoms with Crippen LogP contribution in [0.4, 0.5) is 0 Å². The summed E-state index contributed by atoms with van der Waals surface area (Å²) in [5.41, 5.74) is 6.37. The van der Waals surface area contributed by atoms with E-state index in [9.17, 15) is 0 Å². The molecule has 3 heteroatoms. The Hall–Kier alpha value is -0.860. The lowest BCUT2D eigenvalue weighted by Gasteiger charge is -2.03. The van der Waals surface area contributed by atoms with Gasteiger partial charge in [-0.1, -0.05) is 23.7 Å². The fraction of sp³-hybridized carbons (Fsp3) is 0.125. The first-order valence-corrected chi connectivity index (χ1v) is 3.62. The second kappa shape index (κ2) is 3.51. The number of halogens is 1. The van der Waals surface area contributed by atoms with Crippen LogP contribution in [-0.2, 0) is 0 Å². The van der Waals surface area contributed by atoms with Crippen molar-refractivity contribution in [1.29, 1.82) is 0 Å². The Morgan fingerprint density at radius 2 is 2.36 bits per heavy atom. The minimum atomic E-state index is -0.228. The first-order valence-electron chi connectivity index (χ1n) is 3.24. The minimum Gasteiger partial charge on any atom is -0.319 e. The Morgan fingerprint density at radius 3 is 2.91 bits per heavy atom. The summed E-state index contributed by atoms with van der Waals surface area (Å²) >= 11 is 5.64. The van der Waals surface area contributed by atoms with Gasteiger partial charge >= 0.3 is 0 Å². The molecule has 1 rings (SSSR count). The number of hydrogen-bond donors (Lipinski definition) is 1. The molecule has 0 aliphatic heterocycles. The second-order valence-electron chi connectivity index (χ2n) is 2.15. The molecular formula is C8H9ClN2. The van der Waals surface area contributed by atoms with Crippen LogP contribution in [0.2, 0.25) is 5.15 Å². The number of hydrogen-bond acceptors (Lipinski definition) is 2. The van der Waals surface area contributed by atoms with E-state index < -0.39 is 0 Å². The predicted molar refractivity (Wildman–Crippen MR) is 46.4 cm³/mol. The van der Waals surface area contributed by atoms with E-state index in [1.807, 2.05) is 12.1 Å². The minimum absolute atomic E-state index is 0.228. The molecule has 0 bridgehead atoms. The number of nitrogens with two attached hydrogens (primary N) is 1. The van der Waals surface area contributed by atoms with Crippen LogP contribution in [0.5, 0.6) is 0 Å². The SMILES string of the molecule is C=C[C@H](N)c1cccc(Cl)n1. The van der Waals surface area contributed by atoms with Crippen molar-refractivity contribution in [3.63, 3.8) is 0 Å². The second-order valence-corrected chi connectivity index (χ2v) is 2.53. The summed E-state index contributed by atoms with van der Waals surface area (Å²) in [6.45, 7) is 3.56. The van der Waals surface area contributed by atoms with Crippen LogP contribution in [0.15, 0.2) is 30.9 Å². The molecule has 58 valence electrons. The number of rotatable bonds is 2. The van der Waals surface area contributed by atoms with Crippen molar-refractivity contribution < 1.29 is 0 Å². The topological polar surface area (TPSA) is 38.9 Å². The Labute approximate surface area is 70.7 Å². The third-order valence-electron chi connectivity index (χ3n) is 1.33. The van der Waals surface area contributed by atoms with Crippen molar-refractivity contribution in [1.82, 2.24) is 4.98 Å². The van der Waals surface area contributed by atoms with E-state index in [-0.39, 0.29) is 6.04 Å². The molecular weight excluding hydrogens is 160 g/mol. The van der Waals surface area contributed by atoms with E-state index in [0.717, 1.165) is 5.69 Å². The van der Waals surface area contributed by atoms with Crippen molar-refractivity contribution in [2.75, 3.05) is 0 Å². The maximum absolute atomic E-state index is 5.64. The molecule has 11 heavy (non-hydrogen) atoms. The molecule has 1 atom stereocenters. The maximum Gasteiger partial charge on any atom is 0.129 e. The lowest BCUT2D eigenvalue weighted by atomic mass is 10.2. The standard InChI is InChI=1S/C8H9ClN2/c1-2-6(10)7-4-3-5-8(9)11-7/h2-6H,1,10H2/t6-/m0/s1. The van der Waals surface area contributed by atoms with Gasteiger partial charge in [0.05, 0.1) is 11.7 Å². The Morgan fingerprint density at radius 1 is 1.64 bits per heavy atom. The van der Waals surface area contributed by atoms with Gasteiger partial charge in [0.15, 0.2) is 0 Å². The normalized spacial score (nSPS) is 12.5. The maximum atomic E-state index is 5.64. The van der Waals surface area contributed by atoms with Crippen molar-refractivity contribution >= 4 is 11.6 Å². The van der Waals surface area contributed by atoms with E-state index >= 15 is 0 Å². The molecule has 0 aliphatic rings. The molecule has 1 aromatic heterocycles. The van der Waals surface area contributed by atoms with Gasteiger partial charge in [-0.15, -0.1) is 6.58 Å². The van der Waals surface area contributed by atoms with Gasteiger partial charge in [-0.05, 0) is 12.1 Å². The number of aromatic nitrogens is 1. The average molecular weight is 169 g/mol. The molecule has 2 N–H and O–H groups in total. The smallest absolute Gasteiger partial charge is 0.129 e. The van der Waals surface area contributed by atoms with E-state index in [4.69, 9.17) is 17.3 Å². The third kappa shape index (κ3) is 2.03. The Bertz CT molecular complexity index is 260. The lowest BCUT2D eigenvalue weighted by molar-refractivity contribution is 0.864. The van der Waals surface area contributed by atoms with Crippen molar-refractivity contribution in [3.8, 4) is 0 Å². The molecule has 0 spiro atoms. The van der Waals surface area contributed by atoms with Gasteiger partial charge in [0.1, 0.15) is 5.15 Å². The molecule has 0 aliphatic carbocycles. The first-order chi connectivity index (χ1) is 5.24. The summed E-state index contributed by atoms with van der Waals surface area (Å²) < 4.78 is 0. The van der Waals surface area contributed by atoms with Crippen molar-refractivity contribution in [2.45, 2.75) is 6.04 Å². The highest BCUT2D eigenvalue weighted by Gasteiger charge is 2.01. The molecule has 0 amide bonds. The zero-order valence-corrected chi connectivity index (χ0v) is 6.75. The van der Waals surface area contributed by atoms with Crippen LogP contribution in [0.25, 0.3) is 0 Å². The molecule has 0 saturated carbocycles. The van der Waals surface area contributed by atoms with E-state index in [0.29, 0.717) is 5.15 Å². The first kappa shape index (κ1) is 8.24. The van der Waals surface area contributed by atoms with Gasteiger partial charge in [-0.25, -0.2) is 4.98 Å². The summed E-state index contributed by atoms with van der Waals surface area (Å²) in [6, 6.07) is 5.11. The van der Waals surface area contributed by atoms with Crippen LogP contribution >= 0.6 is 11.6 Å². The highest BCUT2D eigenvalue weighted by Crippen LogP contribution is 2.11. The fourth-order valence-corrected chi connectivity index (χ4v) is 0.901. The zero-order chi connectivity index (χ0) is 8.27. The van der Waals surface area contributed by atoms with Gasteiger partial charge in [0.2, 0.25) is 0 Å². The fourth-order valence-electron chi connectivity index (χ4n) is 0.730. The Kier molecular flexibility index (Phi) is 2.63. The predicted octanol–water partition coefficient (Wildman–Crippen LogP) is 1.92. The highest BCUT2D eigenvalue weighted by molar-refractivity contribution is 6.29. The van der Waals surface area contributed by atoms with Gasteiger partial charge in [0, 0.05) is 0 Å². The van der Waals surface area contributed by atoms with Crippen LogP contribution in [0.3, 0.4) is 0 Å². The van der Waals surface area contributed by atoms with Gasteiger partial charge in [-0.2, -0.15) is 0 Å². The third-order valence-corrected chi connectivity index (χ3v) is 1.54. The average Bonchev–Trinajstić information content (AvgIpc) is 2.03. The van der Waals surface area contributed by atoms with Crippen LogP contribution < -0.4 is 5.73 Å². The van der Waals surface area contributed by atoms with E-state index in [1.165, 1.54) is 0 Å². The molecule has 2 nitrogen and oxygen atoms in total. The summed E-state index contributed by atoms with van der Waals surface area (Å²) in [7, 11) is 0. The zero-order valence-electron chi connectivity index (χ0n) is 6.00. The molecule has 0 aromatic carbocycles. The van der Waals surface area contributed by atoms with Crippen molar-refractivity contribution in [3.05, 3.63) is 41.7 Å². The van der Waals surface area contributed by atoms with Crippen molar-refractivity contribution in [2.24, 2.45) is 5.73 Å². The molecule has 1 aromatic rings. The Balaban J connectivity index is 2.95. The largest absolute Gasteiger partial charge is 0.319 e. The van der Waals surface area contributed by atoms with Crippen LogP contribution in [0, 0.1) is 0 Å². The molecule has 1 heterocycles. The van der Waals surface area contributed by atoms with Crippen LogP contribution in [0.1, 0.15) is 11.7 Å². The molecule has 0 saturated heterocycles. The quantitative estimate of drug-likeness (QED) is 0.541. The van der Waals surface area contributed by atoms with Gasteiger partial charge in [-0.3, -0.25) is 0 Å². The molecule has 0 fully saturated rings. The van der Waals surface area contributed by atoms with Gasteiger partial charge < -0.3 is 5.73 Å². The molecule has 0 radical (unpaired) electrons. The van der Waals surface area contributed by atoms with Gasteiger partial charge in [0.25, 0.3) is 0 Å². The summed E-state index contributed by atoms with van der Waals surface area (Å²) in [5, 5.41) is 0.458. The number of pyridine rings is 1. The molecule has 0 unspecified atom stereocenters. The summed E-state index contributed by atoms with van der Waals surface area (Å²) in [4.78, 5) is 4.01. The lowest BCUT2D eigenvalue weighted by Crippen LogP contribution is -2.08.